The maximum atomic E-state index is 12.9. The third kappa shape index (κ3) is 6.29. The summed E-state index contributed by atoms with van der Waals surface area (Å²) in [5, 5.41) is 2.94. The highest BCUT2D eigenvalue weighted by atomic mass is 16.5. The van der Waals surface area contributed by atoms with Crippen LogP contribution in [0, 0.1) is 5.92 Å². The highest BCUT2D eigenvalue weighted by molar-refractivity contribution is 5.93. The number of benzene rings is 1. The van der Waals surface area contributed by atoms with Gasteiger partial charge in [0.2, 0.25) is 11.8 Å². The minimum atomic E-state index is -0.455. The molecule has 1 aliphatic heterocycles. The quantitative estimate of drug-likeness (QED) is 0.674. The van der Waals surface area contributed by atoms with Crippen LogP contribution in [0.4, 0.5) is 5.69 Å². The maximum Gasteiger partial charge on any atom is 0.310 e. The van der Waals surface area contributed by atoms with Crippen LogP contribution in [0.5, 0.6) is 0 Å². The van der Waals surface area contributed by atoms with Gasteiger partial charge in [0.25, 0.3) is 0 Å². The molecule has 0 aliphatic carbocycles. The Morgan fingerprint density at radius 3 is 2.69 bits per heavy atom. The Morgan fingerprint density at radius 1 is 1.28 bits per heavy atom. The Bertz CT molecular complexity index is 722. The minimum absolute atomic E-state index is 0.0664. The number of anilines is 1. The Hall–Kier alpha value is -2.41. The molecule has 7 heteroatoms. The van der Waals surface area contributed by atoms with Crippen LogP contribution < -0.4 is 5.32 Å². The van der Waals surface area contributed by atoms with Gasteiger partial charge >= 0.3 is 5.97 Å². The third-order valence-electron chi connectivity index (χ3n) is 5.44. The van der Waals surface area contributed by atoms with Gasteiger partial charge in [-0.25, -0.2) is 0 Å². The molecule has 2 amide bonds. The van der Waals surface area contributed by atoms with E-state index in [0.29, 0.717) is 19.7 Å². The van der Waals surface area contributed by atoms with Crippen molar-refractivity contribution in [2.45, 2.75) is 46.1 Å². The van der Waals surface area contributed by atoms with Crippen molar-refractivity contribution in [1.29, 1.82) is 0 Å². The van der Waals surface area contributed by atoms with Gasteiger partial charge in [0.1, 0.15) is 0 Å². The van der Waals surface area contributed by atoms with Crippen LogP contribution >= 0.6 is 0 Å². The number of nitrogens with zero attached hydrogens (tertiary/aromatic N) is 2. The number of carbonyl (C=O) groups is 3. The average molecular weight is 404 g/mol. The molecule has 0 spiro atoms. The van der Waals surface area contributed by atoms with E-state index in [1.807, 2.05) is 31.2 Å². The fourth-order valence-electron chi connectivity index (χ4n) is 3.59. The number of likely N-dealkylation sites (tertiary alicyclic amines) is 1. The third-order valence-corrected chi connectivity index (χ3v) is 5.44. The molecule has 1 fully saturated rings. The van der Waals surface area contributed by atoms with E-state index in [0.717, 1.165) is 30.5 Å². The van der Waals surface area contributed by atoms with Crippen molar-refractivity contribution in [2.24, 2.45) is 5.92 Å². The maximum absolute atomic E-state index is 12.9. The number of aryl methyl sites for hydroxylation is 1. The van der Waals surface area contributed by atoms with Gasteiger partial charge in [-0.1, -0.05) is 25.1 Å². The fourth-order valence-corrected chi connectivity index (χ4v) is 3.59. The van der Waals surface area contributed by atoms with E-state index in [1.165, 1.54) is 0 Å². The Labute approximate surface area is 173 Å². The highest BCUT2D eigenvalue weighted by Gasteiger charge is 2.32. The van der Waals surface area contributed by atoms with Crippen LogP contribution in [0.25, 0.3) is 0 Å². The van der Waals surface area contributed by atoms with Crippen molar-refractivity contribution >= 4 is 23.5 Å². The molecule has 1 saturated heterocycles. The summed E-state index contributed by atoms with van der Waals surface area (Å²) in [6.07, 6.45) is 2.35. The summed E-state index contributed by atoms with van der Waals surface area (Å²) in [6.45, 7) is 7.09. The molecule has 160 valence electrons. The number of carbonyl (C=O) groups excluding carboxylic acids is 3. The number of likely N-dealkylation sites (N-methyl/N-ethyl adjacent to an activating group) is 1. The lowest BCUT2D eigenvalue weighted by Gasteiger charge is -2.35. The number of hydrogen-bond donors (Lipinski definition) is 1. The molecule has 0 saturated carbocycles. The molecule has 1 aromatic rings. The lowest BCUT2D eigenvalue weighted by Crippen LogP contribution is -2.51. The van der Waals surface area contributed by atoms with E-state index in [-0.39, 0.29) is 30.2 Å². The standard InChI is InChI=1S/C22H33N3O4/c1-5-17-10-7-8-12-19(17)23-20(26)15-24(4)16(3)21(27)25-13-9-11-18(14-25)22(28)29-6-2/h7-8,10,12,16,18H,5-6,9,11,13-15H2,1-4H3,(H,23,26). The fraction of sp³-hybridized carbons (Fsp3) is 0.591. The molecule has 1 aromatic carbocycles. The van der Waals surface area contributed by atoms with Crippen LogP contribution in [0.15, 0.2) is 24.3 Å². The van der Waals surface area contributed by atoms with Gasteiger partial charge in [-0.05, 0) is 51.8 Å². The molecular formula is C22H33N3O4. The van der Waals surface area contributed by atoms with Gasteiger partial charge in [-0.3, -0.25) is 19.3 Å². The van der Waals surface area contributed by atoms with Crippen molar-refractivity contribution < 1.29 is 19.1 Å². The summed E-state index contributed by atoms with van der Waals surface area (Å²) in [5.74, 6) is -0.724. The second-order valence-electron chi connectivity index (χ2n) is 7.53. The van der Waals surface area contributed by atoms with Gasteiger partial charge in [0.15, 0.2) is 0 Å². The van der Waals surface area contributed by atoms with Crippen molar-refractivity contribution in [3.8, 4) is 0 Å². The molecule has 2 atom stereocenters. The van der Waals surface area contributed by atoms with E-state index >= 15 is 0 Å². The number of amides is 2. The predicted octanol–water partition coefficient (Wildman–Crippen LogP) is 2.31. The van der Waals surface area contributed by atoms with Gasteiger partial charge in [0.05, 0.1) is 25.1 Å². The van der Waals surface area contributed by atoms with E-state index in [9.17, 15) is 14.4 Å². The second-order valence-corrected chi connectivity index (χ2v) is 7.53. The van der Waals surface area contributed by atoms with Crippen LogP contribution in [-0.2, 0) is 25.5 Å². The largest absolute Gasteiger partial charge is 0.466 e. The zero-order valence-electron chi connectivity index (χ0n) is 17.9. The molecule has 0 aromatic heterocycles. The van der Waals surface area contributed by atoms with Crippen LogP contribution in [0.1, 0.15) is 39.2 Å². The van der Waals surface area contributed by atoms with Crippen LogP contribution in [0.2, 0.25) is 0 Å². The number of para-hydroxylation sites is 1. The van der Waals surface area contributed by atoms with Gasteiger partial charge in [-0.2, -0.15) is 0 Å². The number of piperidine rings is 1. The normalized spacial score (nSPS) is 17.7. The van der Waals surface area contributed by atoms with Crippen LogP contribution in [0.3, 0.4) is 0 Å². The van der Waals surface area contributed by atoms with E-state index in [1.54, 1.807) is 30.7 Å². The zero-order chi connectivity index (χ0) is 21.4. The molecule has 2 unspecified atom stereocenters. The first kappa shape index (κ1) is 22.9. The van der Waals surface area contributed by atoms with E-state index in [2.05, 4.69) is 5.32 Å². The minimum Gasteiger partial charge on any atom is -0.466 e. The van der Waals surface area contributed by atoms with Crippen molar-refractivity contribution in [3.05, 3.63) is 29.8 Å². The molecule has 2 rings (SSSR count). The number of esters is 1. The number of hydrogen-bond acceptors (Lipinski definition) is 5. The smallest absolute Gasteiger partial charge is 0.310 e. The van der Waals surface area contributed by atoms with Crippen molar-refractivity contribution in [2.75, 3.05) is 38.6 Å². The first-order valence-electron chi connectivity index (χ1n) is 10.4. The molecule has 7 nitrogen and oxygen atoms in total. The van der Waals surface area contributed by atoms with E-state index in [4.69, 9.17) is 4.74 Å². The van der Waals surface area contributed by atoms with Gasteiger partial charge in [0, 0.05) is 18.8 Å². The Morgan fingerprint density at radius 2 is 2.00 bits per heavy atom. The highest BCUT2D eigenvalue weighted by Crippen LogP contribution is 2.20. The molecule has 1 heterocycles. The summed E-state index contributed by atoms with van der Waals surface area (Å²) < 4.78 is 5.11. The Balaban J connectivity index is 1.91. The first-order valence-corrected chi connectivity index (χ1v) is 10.4. The average Bonchev–Trinajstić information content (AvgIpc) is 2.73. The summed E-state index contributed by atoms with van der Waals surface area (Å²) >= 11 is 0. The molecule has 1 aliphatic rings. The summed E-state index contributed by atoms with van der Waals surface area (Å²) in [4.78, 5) is 40.8. The molecule has 0 bridgehead atoms. The summed E-state index contributed by atoms with van der Waals surface area (Å²) in [5.41, 5.74) is 1.88. The Kier molecular flexibility index (Phi) is 8.64. The number of rotatable bonds is 8. The summed E-state index contributed by atoms with van der Waals surface area (Å²) in [7, 11) is 1.76. The molecule has 0 radical (unpaired) electrons. The SMILES string of the molecule is CCOC(=O)C1CCCN(C(=O)C(C)N(C)CC(=O)Nc2ccccc2CC)C1. The second kappa shape index (κ2) is 11.0. The van der Waals surface area contributed by atoms with Gasteiger partial charge < -0.3 is 15.0 Å². The topological polar surface area (TPSA) is 79.0 Å². The monoisotopic (exact) mass is 403 g/mol. The molecule has 29 heavy (non-hydrogen) atoms. The lowest BCUT2D eigenvalue weighted by atomic mass is 9.97. The van der Waals surface area contributed by atoms with Crippen molar-refractivity contribution in [1.82, 2.24) is 9.80 Å². The van der Waals surface area contributed by atoms with Crippen molar-refractivity contribution in [3.63, 3.8) is 0 Å². The van der Waals surface area contributed by atoms with E-state index < -0.39 is 6.04 Å². The molecular weight excluding hydrogens is 370 g/mol. The first-order chi connectivity index (χ1) is 13.9. The lowest BCUT2D eigenvalue weighted by molar-refractivity contribution is -0.152. The zero-order valence-corrected chi connectivity index (χ0v) is 17.9. The number of ether oxygens (including phenoxy) is 1. The van der Waals surface area contributed by atoms with Gasteiger partial charge in [-0.15, -0.1) is 0 Å². The number of nitrogens with one attached hydrogen (secondary N) is 1. The molecule has 1 N–H and O–H groups in total. The summed E-state index contributed by atoms with van der Waals surface area (Å²) in [6, 6.07) is 7.25. The predicted molar refractivity (Wildman–Crippen MR) is 112 cm³/mol. The van der Waals surface area contributed by atoms with Crippen LogP contribution in [-0.4, -0.2) is 66.9 Å².